The molecule has 1 amide bonds. The molecular weight excluding hydrogens is 430 g/mol. The molecule has 0 fully saturated rings. The van der Waals surface area contributed by atoms with Crippen molar-refractivity contribution in [1.29, 1.82) is 0 Å². The van der Waals surface area contributed by atoms with Crippen LogP contribution < -0.4 is 5.32 Å². The van der Waals surface area contributed by atoms with Gasteiger partial charge in [-0.15, -0.1) is 4.40 Å². The highest BCUT2D eigenvalue weighted by Gasteiger charge is 2.30. The molecular formula is C23H21N3O5S. The second-order valence-corrected chi connectivity index (χ2v) is 8.87. The molecule has 2 aromatic rings. The number of ether oxygens (including phenoxy) is 1. The van der Waals surface area contributed by atoms with E-state index < -0.39 is 21.9 Å². The number of nitrogens with one attached hydrogen (secondary N) is 1. The van der Waals surface area contributed by atoms with E-state index in [1.165, 1.54) is 6.08 Å². The smallest absolute Gasteiger partial charge is 0.340 e. The number of sulfonamides is 1. The number of nitrogens with zero attached hydrogens (tertiary/aromatic N) is 2. The normalized spacial score (nSPS) is 16.5. The summed E-state index contributed by atoms with van der Waals surface area (Å²) in [5.74, 6) is -1.20. The lowest BCUT2D eigenvalue weighted by molar-refractivity contribution is -0.112. The second-order valence-electron chi connectivity index (χ2n) is 7.12. The number of amides is 1. The van der Waals surface area contributed by atoms with E-state index in [0.717, 1.165) is 11.1 Å². The highest BCUT2D eigenvalue weighted by atomic mass is 32.2. The van der Waals surface area contributed by atoms with Gasteiger partial charge in [0, 0.05) is 12.7 Å². The number of carbonyl (C=O) groups excluding carboxylic acids is 2. The van der Waals surface area contributed by atoms with Gasteiger partial charge < -0.3 is 15.0 Å². The third-order valence-electron chi connectivity index (χ3n) is 4.97. The summed E-state index contributed by atoms with van der Waals surface area (Å²) < 4.78 is 32.9. The van der Waals surface area contributed by atoms with Crippen molar-refractivity contribution in [3.05, 3.63) is 78.0 Å². The molecule has 0 unspecified atom stereocenters. The summed E-state index contributed by atoms with van der Waals surface area (Å²) in [4.78, 5) is 27.3. The fraction of sp³-hybridized carbons (Fsp3) is 0.174. The standard InChI is InChI=1S/C23H21N3O5S/c1-2-31-23(28)19-15-17(16-7-4-3-5-8-16)10-11-20(19)24-22(27)18-9-6-12-26-13-14-32(29,30)25-21(18)26/h3-12,15H,2,13-14H2,1H3,(H,24,27). The minimum absolute atomic E-state index is 0.0647. The Morgan fingerprint density at radius 1 is 1.12 bits per heavy atom. The van der Waals surface area contributed by atoms with Crippen molar-refractivity contribution in [2.75, 3.05) is 24.2 Å². The Labute approximate surface area is 186 Å². The van der Waals surface area contributed by atoms with Gasteiger partial charge in [0.05, 0.1) is 29.2 Å². The van der Waals surface area contributed by atoms with Crippen molar-refractivity contribution in [1.82, 2.24) is 4.90 Å². The molecule has 2 aromatic carbocycles. The van der Waals surface area contributed by atoms with Crippen molar-refractivity contribution in [2.45, 2.75) is 6.92 Å². The van der Waals surface area contributed by atoms with Gasteiger partial charge in [-0.2, -0.15) is 0 Å². The van der Waals surface area contributed by atoms with Gasteiger partial charge in [-0.3, -0.25) is 4.79 Å². The molecule has 0 aliphatic carbocycles. The number of benzene rings is 2. The van der Waals surface area contributed by atoms with Gasteiger partial charge in [-0.1, -0.05) is 36.4 Å². The summed E-state index contributed by atoms with van der Waals surface area (Å²) in [7, 11) is -3.64. The summed E-state index contributed by atoms with van der Waals surface area (Å²) in [5, 5.41) is 2.71. The van der Waals surface area contributed by atoms with Crippen LogP contribution in [0.4, 0.5) is 5.69 Å². The van der Waals surface area contributed by atoms with Crippen molar-refractivity contribution in [2.24, 2.45) is 4.40 Å². The molecule has 2 aliphatic heterocycles. The molecule has 1 N–H and O–H groups in total. The predicted molar refractivity (Wildman–Crippen MR) is 122 cm³/mol. The Morgan fingerprint density at radius 2 is 1.91 bits per heavy atom. The molecule has 0 saturated carbocycles. The summed E-state index contributed by atoms with van der Waals surface area (Å²) in [5.41, 5.74) is 2.25. The lowest BCUT2D eigenvalue weighted by atomic mass is 10.0. The van der Waals surface area contributed by atoms with Crippen LogP contribution >= 0.6 is 0 Å². The minimum Gasteiger partial charge on any atom is -0.462 e. The molecule has 8 nitrogen and oxygen atoms in total. The zero-order chi connectivity index (χ0) is 22.7. The van der Waals surface area contributed by atoms with Crippen molar-refractivity contribution >= 4 is 33.4 Å². The predicted octanol–water partition coefficient (Wildman–Crippen LogP) is 2.97. The third-order valence-corrected chi connectivity index (χ3v) is 6.12. The van der Waals surface area contributed by atoms with E-state index in [9.17, 15) is 18.0 Å². The van der Waals surface area contributed by atoms with Gasteiger partial charge in [0.25, 0.3) is 15.9 Å². The Kier molecular flexibility index (Phi) is 5.91. The van der Waals surface area contributed by atoms with Gasteiger partial charge in [-0.05, 0) is 42.3 Å². The molecule has 0 atom stereocenters. The van der Waals surface area contributed by atoms with Gasteiger partial charge in [0.2, 0.25) is 0 Å². The van der Waals surface area contributed by atoms with E-state index in [1.807, 2.05) is 30.3 Å². The first kappa shape index (κ1) is 21.5. The Hall–Kier alpha value is -3.72. The van der Waals surface area contributed by atoms with E-state index in [4.69, 9.17) is 4.74 Å². The maximum Gasteiger partial charge on any atom is 0.340 e. The Balaban J connectivity index is 1.68. The van der Waals surface area contributed by atoms with Crippen LogP contribution in [0.1, 0.15) is 17.3 Å². The summed E-state index contributed by atoms with van der Waals surface area (Å²) in [6.45, 7) is 2.09. The number of hydrogen-bond donors (Lipinski definition) is 1. The van der Waals surface area contributed by atoms with E-state index in [1.54, 1.807) is 42.3 Å². The topological polar surface area (TPSA) is 105 Å². The lowest BCUT2D eigenvalue weighted by Crippen LogP contribution is -2.41. The van der Waals surface area contributed by atoms with Gasteiger partial charge in [0.15, 0.2) is 5.84 Å². The molecule has 32 heavy (non-hydrogen) atoms. The van der Waals surface area contributed by atoms with Crippen molar-refractivity contribution in [3.8, 4) is 11.1 Å². The number of hydrogen-bond acceptors (Lipinski definition) is 6. The molecule has 164 valence electrons. The highest BCUT2D eigenvalue weighted by molar-refractivity contribution is 7.90. The fourth-order valence-electron chi connectivity index (χ4n) is 3.42. The van der Waals surface area contributed by atoms with E-state index in [-0.39, 0.29) is 41.6 Å². The second kappa shape index (κ2) is 8.80. The number of rotatable bonds is 5. The van der Waals surface area contributed by atoms with Crippen LogP contribution in [0.5, 0.6) is 0 Å². The van der Waals surface area contributed by atoms with Crippen molar-refractivity contribution in [3.63, 3.8) is 0 Å². The summed E-state index contributed by atoms with van der Waals surface area (Å²) in [6, 6.07) is 14.6. The number of fused-ring (bicyclic) bond motifs is 1. The number of anilines is 1. The third kappa shape index (κ3) is 4.47. The average Bonchev–Trinajstić information content (AvgIpc) is 2.79. The molecule has 4 rings (SSSR count). The van der Waals surface area contributed by atoms with E-state index in [0.29, 0.717) is 0 Å². The van der Waals surface area contributed by atoms with Crippen molar-refractivity contribution < 1.29 is 22.7 Å². The first-order valence-electron chi connectivity index (χ1n) is 10.0. The summed E-state index contributed by atoms with van der Waals surface area (Å²) in [6.07, 6.45) is 4.81. The van der Waals surface area contributed by atoms with Gasteiger partial charge in [-0.25, -0.2) is 13.2 Å². The largest absolute Gasteiger partial charge is 0.462 e. The van der Waals surface area contributed by atoms with Crippen LogP contribution in [0, 0.1) is 0 Å². The molecule has 2 aliphatic rings. The molecule has 0 saturated heterocycles. The van der Waals surface area contributed by atoms with Gasteiger partial charge in [0.1, 0.15) is 0 Å². The minimum atomic E-state index is -3.64. The lowest BCUT2D eigenvalue weighted by Gasteiger charge is -2.28. The molecule has 0 spiro atoms. The van der Waals surface area contributed by atoms with Crippen LogP contribution in [0.3, 0.4) is 0 Å². The van der Waals surface area contributed by atoms with Crippen LogP contribution in [0.2, 0.25) is 0 Å². The monoisotopic (exact) mass is 451 g/mol. The first-order chi connectivity index (χ1) is 15.4. The molecule has 9 heteroatoms. The van der Waals surface area contributed by atoms with Crippen LogP contribution in [0.15, 0.2) is 76.9 Å². The molecule has 0 bridgehead atoms. The maximum absolute atomic E-state index is 13.1. The number of allylic oxidation sites excluding steroid dienone is 2. The van der Waals surface area contributed by atoms with Crippen LogP contribution in [0.25, 0.3) is 11.1 Å². The highest BCUT2D eigenvalue weighted by Crippen LogP contribution is 2.27. The van der Waals surface area contributed by atoms with Gasteiger partial charge >= 0.3 is 5.97 Å². The fourth-order valence-corrected chi connectivity index (χ4v) is 4.41. The quantitative estimate of drug-likeness (QED) is 0.701. The molecule has 2 heterocycles. The maximum atomic E-state index is 13.1. The van der Waals surface area contributed by atoms with E-state index >= 15 is 0 Å². The number of esters is 1. The summed E-state index contributed by atoms with van der Waals surface area (Å²) >= 11 is 0. The molecule has 0 aromatic heterocycles. The molecule has 0 radical (unpaired) electrons. The SMILES string of the molecule is CCOC(=O)c1cc(-c2ccccc2)ccc1NC(=O)C1=CC=CN2CCS(=O)(=O)N=C12. The van der Waals surface area contributed by atoms with E-state index in [2.05, 4.69) is 9.71 Å². The Morgan fingerprint density at radius 3 is 2.66 bits per heavy atom. The average molecular weight is 452 g/mol. The van der Waals surface area contributed by atoms with Crippen LogP contribution in [-0.2, 0) is 19.6 Å². The first-order valence-corrected chi connectivity index (χ1v) is 11.6. The number of amidine groups is 1. The Bertz CT molecular complexity index is 1260. The van der Waals surface area contributed by atoms with Crippen LogP contribution in [-0.4, -0.2) is 49.9 Å². The zero-order valence-corrected chi connectivity index (χ0v) is 18.1. The zero-order valence-electron chi connectivity index (χ0n) is 17.3. The number of carbonyl (C=O) groups is 2.